The average Bonchev–Trinajstić information content (AvgIpc) is 2.53. The van der Waals surface area contributed by atoms with Gasteiger partial charge in [-0.25, -0.2) is 0 Å². The Hall–Kier alpha value is -1.68. The zero-order chi connectivity index (χ0) is 16.8. The van der Waals surface area contributed by atoms with Crippen molar-refractivity contribution in [2.45, 2.75) is 13.0 Å². The quantitative estimate of drug-likeness (QED) is 0.785. The van der Waals surface area contributed by atoms with E-state index in [1.807, 2.05) is 69.6 Å². The summed E-state index contributed by atoms with van der Waals surface area (Å²) in [6.45, 7) is 2.99. The summed E-state index contributed by atoms with van der Waals surface area (Å²) in [6.07, 6.45) is 0. The van der Waals surface area contributed by atoms with E-state index in [0.29, 0.717) is 13.1 Å². The summed E-state index contributed by atoms with van der Waals surface area (Å²) >= 11 is 6.29. The van der Waals surface area contributed by atoms with Gasteiger partial charge in [0, 0.05) is 23.2 Å². The van der Waals surface area contributed by atoms with Gasteiger partial charge < -0.3 is 10.2 Å². The minimum absolute atomic E-state index is 0.0988. The number of carbonyl (C=O) groups excluding carboxylic acids is 1. The third-order valence-electron chi connectivity index (χ3n) is 3.88. The highest BCUT2D eigenvalue weighted by Crippen LogP contribution is 2.25. The molecule has 4 heteroatoms. The molecule has 0 aliphatic heterocycles. The Balaban J connectivity index is 1.96. The maximum atomic E-state index is 12.2. The van der Waals surface area contributed by atoms with E-state index in [-0.39, 0.29) is 11.8 Å². The van der Waals surface area contributed by atoms with E-state index in [9.17, 15) is 4.79 Å². The van der Waals surface area contributed by atoms with Crippen molar-refractivity contribution in [3.63, 3.8) is 0 Å². The summed E-state index contributed by atoms with van der Waals surface area (Å²) in [5, 5.41) is 4.00. The van der Waals surface area contributed by atoms with Gasteiger partial charge in [-0.2, -0.15) is 0 Å². The lowest BCUT2D eigenvalue weighted by molar-refractivity contribution is 0.0988. The molecule has 0 radical (unpaired) electrons. The van der Waals surface area contributed by atoms with Gasteiger partial charge in [0.05, 0.1) is 6.54 Å². The number of halogens is 1. The number of rotatable bonds is 7. The standard InChI is InChI=1S/C19H23ClN2O/c1-14-8-10-15(11-9-14)19(23)13-21-12-18(22(2)3)16-6-4-5-7-17(16)20/h4-11,18,21H,12-13H2,1-3H3. The van der Waals surface area contributed by atoms with Crippen molar-refractivity contribution in [1.29, 1.82) is 0 Å². The number of hydrogen-bond donors (Lipinski definition) is 1. The van der Waals surface area contributed by atoms with E-state index < -0.39 is 0 Å². The minimum Gasteiger partial charge on any atom is -0.308 e. The molecule has 2 rings (SSSR count). The zero-order valence-corrected chi connectivity index (χ0v) is 14.6. The normalized spacial score (nSPS) is 12.4. The van der Waals surface area contributed by atoms with E-state index in [0.717, 1.165) is 21.7 Å². The second kappa shape index (κ2) is 8.25. The van der Waals surface area contributed by atoms with Gasteiger partial charge >= 0.3 is 0 Å². The molecule has 1 atom stereocenters. The molecule has 0 saturated carbocycles. The third kappa shape index (κ3) is 4.90. The molecule has 3 nitrogen and oxygen atoms in total. The summed E-state index contributed by atoms with van der Waals surface area (Å²) in [5.74, 6) is 0.0988. The van der Waals surface area contributed by atoms with Crippen molar-refractivity contribution in [1.82, 2.24) is 10.2 Å². The van der Waals surface area contributed by atoms with E-state index in [4.69, 9.17) is 11.6 Å². The number of Topliss-reactive ketones (excluding diaryl/α,β-unsaturated/α-hetero) is 1. The van der Waals surface area contributed by atoms with Crippen LogP contribution in [0.5, 0.6) is 0 Å². The molecule has 23 heavy (non-hydrogen) atoms. The highest BCUT2D eigenvalue weighted by molar-refractivity contribution is 6.31. The lowest BCUT2D eigenvalue weighted by atomic mass is 10.1. The van der Waals surface area contributed by atoms with E-state index >= 15 is 0 Å². The van der Waals surface area contributed by atoms with Crippen LogP contribution in [0.15, 0.2) is 48.5 Å². The molecular formula is C19H23ClN2O. The molecule has 0 aliphatic carbocycles. The number of hydrogen-bond acceptors (Lipinski definition) is 3. The topological polar surface area (TPSA) is 32.3 Å². The minimum atomic E-state index is 0.0988. The molecular weight excluding hydrogens is 308 g/mol. The number of nitrogens with one attached hydrogen (secondary N) is 1. The number of likely N-dealkylation sites (N-methyl/N-ethyl adjacent to an activating group) is 1. The SMILES string of the molecule is Cc1ccc(C(=O)CNCC(c2ccccc2Cl)N(C)C)cc1. The fourth-order valence-electron chi connectivity index (χ4n) is 2.48. The van der Waals surface area contributed by atoms with Crippen molar-refractivity contribution in [3.8, 4) is 0 Å². The summed E-state index contributed by atoms with van der Waals surface area (Å²) in [5.41, 5.74) is 2.96. The van der Waals surface area contributed by atoms with Crippen LogP contribution in [0.25, 0.3) is 0 Å². The lowest BCUT2D eigenvalue weighted by Gasteiger charge is -2.26. The Bertz CT molecular complexity index is 653. The first-order valence-corrected chi connectivity index (χ1v) is 8.08. The molecule has 122 valence electrons. The molecule has 0 saturated heterocycles. The molecule has 2 aromatic carbocycles. The van der Waals surface area contributed by atoms with E-state index in [2.05, 4.69) is 10.2 Å². The zero-order valence-electron chi connectivity index (χ0n) is 13.8. The maximum absolute atomic E-state index is 12.2. The van der Waals surface area contributed by atoms with Gasteiger partial charge in [0.25, 0.3) is 0 Å². The van der Waals surface area contributed by atoms with Gasteiger partial charge in [-0.1, -0.05) is 59.6 Å². The van der Waals surface area contributed by atoms with E-state index in [1.165, 1.54) is 0 Å². The van der Waals surface area contributed by atoms with Gasteiger partial charge in [-0.15, -0.1) is 0 Å². The number of ketones is 1. The van der Waals surface area contributed by atoms with Crippen molar-refractivity contribution in [2.75, 3.05) is 27.2 Å². The van der Waals surface area contributed by atoms with Crippen LogP contribution in [0.2, 0.25) is 5.02 Å². The van der Waals surface area contributed by atoms with Crippen LogP contribution in [-0.2, 0) is 0 Å². The fourth-order valence-corrected chi connectivity index (χ4v) is 2.74. The van der Waals surface area contributed by atoms with Gasteiger partial charge in [0.2, 0.25) is 0 Å². The Morgan fingerprint density at radius 3 is 2.39 bits per heavy atom. The van der Waals surface area contributed by atoms with Crippen molar-refractivity contribution < 1.29 is 4.79 Å². The van der Waals surface area contributed by atoms with Crippen molar-refractivity contribution in [3.05, 3.63) is 70.2 Å². The predicted octanol–water partition coefficient (Wildman–Crippen LogP) is 3.72. The number of carbonyl (C=O) groups is 1. The molecule has 0 bridgehead atoms. The van der Waals surface area contributed by atoms with Crippen molar-refractivity contribution in [2.24, 2.45) is 0 Å². The predicted molar refractivity (Wildman–Crippen MR) is 96.3 cm³/mol. The first-order valence-electron chi connectivity index (χ1n) is 7.70. The number of benzene rings is 2. The van der Waals surface area contributed by atoms with Gasteiger partial charge in [0.1, 0.15) is 0 Å². The Labute approximate surface area is 143 Å². The average molecular weight is 331 g/mol. The monoisotopic (exact) mass is 330 g/mol. The van der Waals surface area contributed by atoms with Crippen LogP contribution in [0.4, 0.5) is 0 Å². The second-order valence-electron chi connectivity index (χ2n) is 5.92. The molecule has 0 spiro atoms. The van der Waals surface area contributed by atoms with Gasteiger partial charge in [0.15, 0.2) is 5.78 Å². The Morgan fingerprint density at radius 2 is 1.78 bits per heavy atom. The van der Waals surface area contributed by atoms with Crippen LogP contribution in [-0.4, -0.2) is 37.9 Å². The molecule has 0 fully saturated rings. The molecule has 1 unspecified atom stereocenters. The highest BCUT2D eigenvalue weighted by Gasteiger charge is 2.17. The molecule has 1 N–H and O–H groups in total. The van der Waals surface area contributed by atoms with Crippen molar-refractivity contribution >= 4 is 17.4 Å². The summed E-state index contributed by atoms with van der Waals surface area (Å²) in [6, 6.07) is 15.6. The molecule has 0 amide bonds. The summed E-state index contributed by atoms with van der Waals surface area (Å²) < 4.78 is 0. The third-order valence-corrected chi connectivity index (χ3v) is 4.23. The summed E-state index contributed by atoms with van der Waals surface area (Å²) in [4.78, 5) is 14.3. The first kappa shape index (κ1) is 17.7. The number of nitrogens with zero attached hydrogens (tertiary/aromatic N) is 1. The lowest BCUT2D eigenvalue weighted by Crippen LogP contribution is -2.34. The molecule has 0 aliphatic rings. The molecule has 0 heterocycles. The number of aryl methyl sites for hydroxylation is 1. The smallest absolute Gasteiger partial charge is 0.176 e. The van der Waals surface area contributed by atoms with Crippen LogP contribution in [0.1, 0.15) is 27.5 Å². The Kier molecular flexibility index (Phi) is 6.34. The highest BCUT2D eigenvalue weighted by atomic mass is 35.5. The van der Waals surface area contributed by atoms with E-state index in [1.54, 1.807) is 0 Å². The van der Waals surface area contributed by atoms with Gasteiger partial charge in [-0.05, 0) is 32.6 Å². The molecule has 2 aromatic rings. The van der Waals surface area contributed by atoms with Crippen LogP contribution in [0, 0.1) is 6.92 Å². The second-order valence-corrected chi connectivity index (χ2v) is 6.33. The first-order chi connectivity index (χ1) is 11.0. The fraction of sp³-hybridized carbons (Fsp3) is 0.316. The largest absolute Gasteiger partial charge is 0.308 e. The summed E-state index contributed by atoms with van der Waals surface area (Å²) in [7, 11) is 4.02. The Morgan fingerprint density at radius 1 is 1.13 bits per heavy atom. The molecule has 0 aromatic heterocycles. The van der Waals surface area contributed by atoms with Crippen LogP contribution in [0.3, 0.4) is 0 Å². The maximum Gasteiger partial charge on any atom is 0.176 e. The van der Waals surface area contributed by atoms with Crippen LogP contribution < -0.4 is 5.32 Å². The van der Waals surface area contributed by atoms with Crippen LogP contribution >= 0.6 is 11.6 Å². The van der Waals surface area contributed by atoms with Gasteiger partial charge in [-0.3, -0.25) is 4.79 Å².